The average molecular weight is 185 g/mol. The van der Waals surface area contributed by atoms with Gasteiger partial charge >= 0.3 is 0 Å². The Labute approximate surface area is 64.4 Å². The van der Waals surface area contributed by atoms with E-state index in [2.05, 4.69) is 35.7 Å². The first kappa shape index (κ1) is 8.44. The second kappa shape index (κ2) is 4.33. The monoisotopic (exact) mass is 184 g/mol. The van der Waals surface area contributed by atoms with Crippen LogP contribution in [-0.4, -0.2) is 0 Å². The third-order valence-electron chi connectivity index (χ3n) is 0.782. The van der Waals surface area contributed by atoms with Gasteiger partial charge in [-0.15, -0.1) is 0 Å². The zero-order valence-corrected chi connectivity index (χ0v) is 6.82. The van der Waals surface area contributed by atoms with Gasteiger partial charge < -0.3 is 0 Å². The van der Waals surface area contributed by atoms with Crippen molar-refractivity contribution < 1.29 is 0 Å². The van der Waals surface area contributed by atoms with Gasteiger partial charge in [0.2, 0.25) is 0 Å². The van der Waals surface area contributed by atoms with Crippen molar-refractivity contribution >= 4 is 15.9 Å². The lowest BCUT2D eigenvalue weighted by atomic mass is 10.3. The summed E-state index contributed by atoms with van der Waals surface area (Å²) in [6, 6.07) is 0. The molecule has 0 atom stereocenters. The molecular weight excluding hydrogens is 176 g/mol. The van der Waals surface area contributed by atoms with Crippen LogP contribution in [0.4, 0.5) is 0 Å². The van der Waals surface area contributed by atoms with Crippen LogP contribution in [0.15, 0.2) is 48.0 Å². The molecule has 0 saturated carbocycles. The van der Waals surface area contributed by atoms with Gasteiger partial charge in [-0.3, -0.25) is 0 Å². The van der Waals surface area contributed by atoms with Gasteiger partial charge in [0.1, 0.15) is 0 Å². The standard InChI is InChI=1S/C8H9Br/c1-4-5-6-7(2)8(3)9/h4-6H,1-3H2. The summed E-state index contributed by atoms with van der Waals surface area (Å²) in [6.07, 6.45) is 5.35. The molecule has 0 rings (SSSR count). The van der Waals surface area contributed by atoms with Crippen LogP contribution in [0.25, 0.3) is 0 Å². The number of halogens is 1. The number of rotatable bonds is 3. The Morgan fingerprint density at radius 1 is 1.33 bits per heavy atom. The smallest absolute Gasteiger partial charge is 0.0169 e. The summed E-state index contributed by atoms with van der Waals surface area (Å²) >= 11 is 3.19. The summed E-state index contributed by atoms with van der Waals surface area (Å²) in [5.41, 5.74) is 0.870. The lowest BCUT2D eigenvalue weighted by Crippen LogP contribution is -1.68. The summed E-state index contributed by atoms with van der Waals surface area (Å²) in [7, 11) is 0. The molecule has 1 heteroatoms. The molecule has 0 heterocycles. The largest absolute Gasteiger partial charge is 0.0991 e. The van der Waals surface area contributed by atoms with Gasteiger partial charge in [0, 0.05) is 4.48 Å². The van der Waals surface area contributed by atoms with Crippen LogP contribution in [-0.2, 0) is 0 Å². The van der Waals surface area contributed by atoms with E-state index in [1.807, 2.05) is 12.2 Å². The number of hydrogen-bond acceptors (Lipinski definition) is 0. The summed E-state index contributed by atoms with van der Waals surface area (Å²) < 4.78 is 0.806. The fourth-order valence-corrected chi connectivity index (χ4v) is 0.407. The molecule has 0 spiro atoms. The Kier molecular flexibility index (Phi) is 4.06. The molecule has 0 N–H and O–H groups in total. The van der Waals surface area contributed by atoms with E-state index in [4.69, 9.17) is 0 Å². The van der Waals surface area contributed by atoms with Crippen molar-refractivity contribution in [1.29, 1.82) is 0 Å². The van der Waals surface area contributed by atoms with Crippen molar-refractivity contribution in [2.45, 2.75) is 0 Å². The minimum Gasteiger partial charge on any atom is -0.0991 e. The van der Waals surface area contributed by atoms with E-state index in [0.717, 1.165) is 10.1 Å². The molecule has 0 aromatic carbocycles. The highest BCUT2D eigenvalue weighted by molar-refractivity contribution is 9.11. The molecular formula is C8H9Br. The fourth-order valence-electron chi connectivity index (χ4n) is 0.275. The molecule has 0 saturated heterocycles. The molecule has 0 aliphatic heterocycles. The topological polar surface area (TPSA) is 0 Å². The van der Waals surface area contributed by atoms with Crippen LogP contribution in [0.5, 0.6) is 0 Å². The SMILES string of the molecule is C=CC=CC(=C)C(=C)Br. The highest BCUT2D eigenvalue weighted by Crippen LogP contribution is 2.12. The molecule has 0 radical (unpaired) electrons. The quantitative estimate of drug-likeness (QED) is 0.592. The van der Waals surface area contributed by atoms with Gasteiger partial charge in [-0.05, 0) is 5.57 Å². The predicted molar refractivity (Wildman–Crippen MR) is 46.5 cm³/mol. The normalized spacial score (nSPS) is 9.44. The van der Waals surface area contributed by atoms with Crippen molar-refractivity contribution in [1.82, 2.24) is 0 Å². The van der Waals surface area contributed by atoms with Gasteiger partial charge in [0.25, 0.3) is 0 Å². The van der Waals surface area contributed by atoms with Gasteiger partial charge in [0.05, 0.1) is 0 Å². The Hall–Kier alpha value is -0.560. The summed E-state index contributed by atoms with van der Waals surface area (Å²) in [5.74, 6) is 0. The first-order chi connectivity index (χ1) is 4.18. The van der Waals surface area contributed by atoms with Crippen LogP contribution in [0.3, 0.4) is 0 Å². The van der Waals surface area contributed by atoms with Crippen LogP contribution < -0.4 is 0 Å². The lowest BCUT2D eigenvalue weighted by molar-refractivity contribution is 1.74. The molecule has 0 aliphatic rings. The fraction of sp³-hybridized carbons (Fsp3) is 0. The second-order valence-electron chi connectivity index (χ2n) is 1.52. The maximum Gasteiger partial charge on any atom is 0.0169 e. The molecule has 0 amide bonds. The highest BCUT2D eigenvalue weighted by atomic mass is 79.9. The summed E-state index contributed by atoms with van der Waals surface area (Å²) in [4.78, 5) is 0. The third-order valence-corrected chi connectivity index (χ3v) is 1.29. The Morgan fingerprint density at radius 2 is 1.89 bits per heavy atom. The van der Waals surface area contributed by atoms with Gasteiger partial charge in [-0.1, -0.05) is 53.9 Å². The zero-order valence-electron chi connectivity index (χ0n) is 5.23. The van der Waals surface area contributed by atoms with Gasteiger partial charge in [0.15, 0.2) is 0 Å². The maximum atomic E-state index is 3.71. The van der Waals surface area contributed by atoms with Gasteiger partial charge in [-0.2, -0.15) is 0 Å². The molecule has 0 aromatic rings. The summed E-state index contributed by atoms with van der Waals surface area (Å²) in [6.45, 7) is 10.9. The van der Waals surface area contributed by atoms with Crippen molar-refractivity contribution in [3.05, 3.63) is 48.0 Å². The maximum absolute atomic E-state index is 3.71. The molecule has 0 aromatic heterocycles. The average Bonchev–Trinajstić information content (AvgIpc) is 1.82. The van der Waals surface area contributed by atoms with E-state index in [1.165, 1.54) is 0 Å². The molecule has 48 valence electrons. The highest BCUT2D eigenvalue weighted by Gasteiger charge is 1.85. The molecule has 0 bridgehead atoms. The van der Waals surface area contributed by atoms with Crippen molar-refractivity contribution in [3.63, 3.8) is 0 Å². The second-order valence-corrected chi connectivity index (χ2v) is 2.48. The van der Waals surface area contributed by atoms with Gasteiger partial charge in [-0.25, -0.2) is 0 Å². The Balaban J connectivity index is 3.92. The van der Waals surface area contributed by atoms with Crippen LogP contribution in [0.2, 0.25) is 0 Å². The van der Waals surface area contributed by atoms with Crippen LogP contribution >= 0.6 is 15.9 Å². The molecule has 0 nitrogen and oxygen atoms in total. The number of allylic oxidation sites excluding steroid dienone is 5. The zero-order chi connectivity index (χ0) is 7.28. The van der Waals surface area contributed by atoms with E-state index >= 15 is 0 Å². The molecule has 0 aliphatic carbocycles. The van der Waals surface area contributed by atoms with E-state index in [0.29, 0.717) is 0 Å². The van der Waals surface area contributed by atoms with Crippen molar-refractivity contribution in [2.24, 2.45) is 0 Å². The van der Waals surface area contributed by atoms with Crippen LogP contribution in [0, 0.1) is 0 Å². The summed E-state index contributed by atoms with van der Waals surface area (Å²) in [5, 5.41) is 0. The molecule has 0 fully saturated rings. The lowest BCUT2D eigenvalue weighted by Gasteiger charge is -1.90. The van der Waals surface area contributed by atoms with E-state index in [1.54, 1.807) is 6.08 Å². The minimum absolute atomic E-state index is 0.806. The van der Waals surface area contributed by atoms with Crippen LogP contribution in [0.1, 0.15) is 0 Å². The predicted octanol–water partition coefficient (Wildman–Crippen LogP) is 3.19. The minimum atomic E-state index is 0.806. The third kappa shape index (κ3) is 3.98. The van der Waals surface area contributed by atoms with E-state index < -0.39 is 0 Å². The Bertz CT molecular complexity index is 163. The van der Waals surface area contributed by atoms with E-state index in [9.17, 15) is 0 Å². The van der Waals surface area contributed by atoms with Crippen molar-refractivity contribution in [2.75, 3.05) is 0 Å². The van der Waals surface area contributed by atoms with Crippen molar-refractivity contribution in [3.8, 4) is 0 Å². The molecule has 9 heavy (non-hydrogen) atoms. The first-order valence-electron chi connectivity index (χ1n) is 2.51. The Morgan fingerprint density at radius 3 is 2.22 bits per heavy atom. The van der Waals surface area contributed by atoms with E-state index in [-0.39, 0.29) is 0 Å². The first-order valence-corrected chi connectivity index (χ1v) is 3.30. The molecule has 0 unspecified atom stereocenters. The number of hydrogen-bond donors (Lipinski definition) is 0.